The van der Waals surface area contributed by atoms with Crippen molar-refractivity contribution in [3.8, 4) is 0 Å². The van der Waals surface area contributed by atoms with Gasteiger partial charge in [0.25, 0.3) is 5.91 Å². The first-order valence-corrected chi connectivity index (χ1v) is 9.41. The van der Waals surface area contributed by atoms with Gasteiger partial charge in [-0.25, -0.2) is 14.4 Å². The highest BCUT2D eigenvalue weighted by Crippen LogP contribution is 2.27. The van der Waals surface area contributed by atoms with E-state index in [1.807, 2.05) is 19.1 Å². The van der Waals surface area contributed by atoms with Gasteiger partial charge in [0.05, 0.1) is 11.1 Å². The topological polar surface area (TPSA) is 84.1 Å². The maximum atomic E-state index is 13.5. The number of aromatic nitrogens is 2. The van der Waals surface area contributed by atoms with Crippen molar-refractivity contribution in [1.29, 1.82) is 0 Å². The number of nitrogens with zero attached hydrogens (tertiary/aromatic N) is 3. The number of nitrogens with two attached hydrogens (primary N) is 1. The molecule has 4 rings (SSSR count). The number of hydrogen-bond acceptors (Lipinski definition) is 5. The van der Waals surface area contributed by atoms with Crippen LogP contribution in [0.5, 0.6) is 0 Å². The average molecular weight is 379 g/mol. The second-order valence-corrected chi connectivity index (χ2v) is 6.96. The molecule has 1 atom stereocenters. The highest BCUT2D eigenvalue weighted by molar-refractivity contribution is 6.07. The van der Waals surface area contributed by atoms with E-state index in [0.717, 1.165) is 30.6 Å². The van der Waals surface area contributed by atoms with Gasteiger partial charge in [-0.05, 0) is 36.8 Å². The lowest BCUT2D eigenvalue weighted by Gasteiger charge is -2.20. The van der Waals surface area contributed by atoms with Crippen LogP contribution in [0.15, 0.2) is 42.5 Å². The van der Waals surface area contributed by atoms with Crippen molar-refractivity contribution >= 4 is 28.3 Å². The van der Waals surface area contributed by atoms with E-state index in [0.29, 0.717) is 29.1 Å². The van der Waals surface area contributed by atoms with Crippen LogP contribution < -0.4 is 16.0 Å². The first-order chi connectivity index (χ1) is 13.5. The van der Waals surface area contributed by atoms with Gasteiger partial charge in [0.1, 0.15) is 17.5 Å². The molecule has 1 saturated heterocycles. The molecule has 0 saturated carbocycles. The van der Waals surface area contributed by atoms with E-state index in [1.165, 1.54) is 6.07 Å². The van der Waals surface area contributed by atoms with Gasteiger partial charge in [-0.3, -0.25) is 4.79 Å². The van der Waals surface area contributed by atoms with Crippen molar-refractivity contribution in [1.82, 2.24) is 9.97 Å². The summed E-state index contributed by atoms with van der Waals surface area (Å²) in [5.41, 5.74) is 7.37. The number of aryl methyl sites for hydroxylation is 1. The average Bonchev–Trinajstić information content (AvgIpc) is 3.16. The van der Waals surface area contributed by atoms with Crippen molar-refractivity contribution in [2.45, 2.75) is 25.8 Å². The molecule has 1 aromatic heterocycles. The Kier molecular flexibility index (Phi) is 4.81. The quantitative estimate of drug-likeness (QED) is 0.712. The monoisotopic (exact) mass is 379 g/mol. The zero-order valence-corrected chi connectivity index (χ0v) is 15.7. The fourth-order valence-corrected chi connectivity index (χ4v) is 3.64. The number of carbonyl (C=O) groups excluding carboxylic acids is 1. The highest BCUT2D eigenvalue weighted by Gasteiger charge is 2.24. The van der Waals surface area contributed by atoms with Crippen LogP contribution in [0.4, 0.5) is 15.9 Å². The van der Waals surface area contributed by atoms with E-state index < -0.39 is 5.91 Å². The summed E-state index contributed by atoms with van der Waals surface area (Å²) in [6.45, 7) is 3.54. The van der Waals surface area contributed by atoms with Crippen molar-refractivity contribution in [3.05, 3.63) is 59.7 Å². The number of nitrogens with one attached hydrogen (secondary N) is 1. The molecule has 144 valence electrons. The van der Waals surface area contributed by atoms with E-state index in [1.54, 1.807) is 24.3 Å². The molecule has 0 radical (unpaired) electrons. The number of carbonyl (C=O) groups is 1. The molecule has 28 heavy (non-hydrogen) atoms. The second-order valence-electron chi connectivity index (χ2n) is 6.96. The number of benzene rings is 2. The predicted molar refractivity (Wildman–Crippen MR) is 108 cm³/mol. The number of para-hydroxylation sites is 1. The Bertz CT molecular complexity index is 1040. The second kappa shape index (κ2) is 7.42. The molecule has 1 aliphatic rings. The molecular formula is C21H22FN5O. The van der Waals surface area contributed by atoms with Gasteiger partial charge in [0.2, 0.25) is 0 Å². The fraction of sp³-hybridized carbons (Fsp3) is 0.286. The number of halogens is 1. The van der Waals surface area contributed by atoms with Gasteiger partial charge in [0.15, 0.2) is 0 Å². The van der Waals surface area contributed by atoms with Crippen LogP contribution in [-0.4, -0.2) is 35.0 Å². The van der Waals surface area contributed by atoms with Gasteiger partial charge in [-0.1, -0.05) is 19.1 Å². The van der Waals surface area contributed by atoms with Crippen LogP contribution in [0.25, 0.3) is 10.9 Å². The van der Waals surface area contributed by atoms with Crippen LogP contribution in [0.3, 0.4) is 0 Å². The minimum absolute atomic E-state index is 0.156. The number of hydrogen-bond donors (Lipinski definition) is 2. The summed E-state index contributed by atoms with van der Waals surface area (Å²) in [7, 11) is 0. The van der Waals surface area contributed by atoms with E-state index in [9.17, 15) is 9.18 Å². The maximum absolute atomic E-state index is 13.5. The van der Waals surface area contributed by atoms with Crippen LogP contribution in [0.2, 0.25) is 0 Å². The molecule has 0 aliphatic carbocycles. The summed E-state index contributed by atoms with van der Waals surface area (Å²) in [5.74, 6) is 0.623. The third-order valence-electron chi connectivity index (χ3n) is 5.06. The van der Waals surface area contributed by atoms with Crippen molar-refractivity contribution in [2.75, 3.05) is 23.3 Å². The number of amides is 1. The lowest BCUT2D eigenvalue weighted by molar-refractivity contribution is 0.100. The predicted octanol–water partition coefficient (Wildman–Crippen LogP) is 3.12. The van der Waals surface area contributed by atoms with Gasteiger partial charge in [-0.15, -0.1) is 0 Å². The van der Waals surface area contributed by atoms with Gasteiger partial charge >= 0.3 is 0 Å². The molecule has 2 heterocycles. The Balaban J connectivity index is 1.63. The van der Waals surface area contributed by atoms with Crippen LogP contribution in [0.1, 0.15) is 29.5 Å². The minimum Gasteiger partial charge on any atom is -0.369 e. The molecule has 3 aromatic rings. The Hall–Kier alpha value is -3.22. The van der Waals surface area contributed by atoms with Crippen molar-refractivity contribution in [3.63, 3.8) is 0 Å². The minimum atomic E-state index is -0.504. The maximum Gasteiger partial charge on any atom is 0.250 e. The smallest absolute Gasteiger partial charge is 0.250 e. The fourth-order valence-electron chi connectivity index (χ4n) is 3.64. The largest absolute Gasteiger partial charge is 0.369 e. The zero-order chi connectivity index (χ0) is 19.7. The van der Waals surface area contributed by atoms with E-state index in [-0.39, 0.29) is 11.9 Å². The normalized spacial score (nSPS) is 16.5. The molecular weight excluding hydrogens is 357 g/mol. The Labute approximate surface area is 162 Å². The molecule has 0 bridgehead atoms. The third-order valence-corrected chi connectivity index (χ3v) is 5.06. The Morgan fingerprint density at radius 2 is 2.11 bits per heavy atom. The summed E-state index contributed by atoms with van der Waals surface area (Å²) in [6, 6.07) is 12.2. The van der Waals surface area contributed by atoms with Crippen molar-refractivity contribution in [2.24, 2.45) is 5.73 Å². The van der Waals surface area contributed by atoms with Gasteiger partial charge in [0, 0.05) is 36.6 Å². The molecule has 3 N–H and O–H groups in total. The van der Waals surface area contributed by atoms with Crippen molar-refractivity contribution < 1.29 is 9.18 Å². The summed E-state index contributed by atoms with van der Waals surface area (Å²) >= 11 is 0. The van der Waals surface area contributed by atoms with Crippen LogP contribution in [-0.2, 0) is 6.42 Å². The SMILES string of the molecule is CCc1nc(NC2CCN(c3cccc(F)c3)C2)c2cccc(C(N)=O)c2n1. The Morgan fingerprint density at radius 3 is 2.86 bits per heavy atom. The molecule has 1 aliphatic heterocycles. The molecule has 6 nitrogen and oxygen atoms in total. The first kappa shape index (κ1) is 18.2. The summed E-state index contributed by atoms with van der Waals surface area (Å²) in [4.78, 5) is 23.1. The number of rotatable bonds is 5. The summed E-state index contributed by atoms with van der Waals surface area (Å²) in [5, 5.41) is 4.28. The lowest BCUT2D eigenvalue weighted by atomic mass is 10.1. The third kappa shape index (κ3) is 3.47. The zero-order valence-electron chi connectivity index (χ0n) is 15.7. The van der Waals surface area contributed by atoms with E-state index in [4.69, 9.17) is 5.73 Å². The number of anilines is 2. The van der Waals surface area contributed by atoms with Gasteiger partial charge < -0.3 is 16.0 Å². The molecule has 0 spiro atoms. The number of primary amides is 1. The molecule has 7 heteroatoms. The van der Waals surface area contributed by atoms with E-state index >= 15 is 0 Å². The lowest BCUT2D eigenvalue weighted by Crippen LogP contribution is -2.26. The Morgan fingerprint density at radius 1 is 1.29 bits per heavy atom. The molecule has 1 fully saturated rings. The summed E-state index contributed by atoms with van der Waals surface area (Å²) in [6.07, 6.45) is 1.55. The van der Waals surface area contributed by atoms with Gasteiger partial charge in [-0.2, -0.15) is 0 Å². The standard InChI is InChI=1S/C21H22FN5O/c1-2-18-25-19-16(20(23)28)7-4-8-17(19)21(26-18)24-14-9-10-27(12-14)15-6-3-5-13(22)11-15/h3-8,11,14H,2,9-10,12H2,1H3,(H2,23,28)(H,24,25,26). The highest BCUT2D eigenvalue weighted by atomic mass is 19.1. The van der Waals surface area contributed by atoms with Crippen LogP contribution in [0, 0.1) is 5.82 Å². The van der Waals surface area contributed by atoms with Crippen LogP contribution >= 0.6 is 0 Å². The molecule has 1 unspecified atom stereocenters. The van der Waals surface area contributed by atoms with E-state index in [2.05, 4.69) is 20.2 Å². The molecule has 1 amide bonds. The summed E-state index contributed by atoms with van der Waals surface area (Å²) < 4.78 is 13.5. The number of fused-ring (bicyclic) bond motifs is 1. The molecule has 2 aromatic carbocycles. The first-order valence-electron chi connectivity index (χ1n) is 9.41.